The standard InChI is InChI=1S/C15H19N5O4/c1-3-17-13(22)9(2)18-12(21)8-20-14(23)10(7-16)11-5-4-6-19(11)15(20)24/h9H,3-6,8H2,1-2H3,(H,17,22)(H,18,21)/t9-/m1/s1. The summed E-state index contributed by atoms with van der Waals surface area (Å²) in [5.41, 5.74) is -1.04. The maximum Gasteiger partial charge on any atom is 0.331 e. The number of carbonyl (C=O) groups is 2. The Kier molecular flexibility index (Phi) is 5.18. The molecule has 1 atom stereocenters. The molecule has 1 aromatic rings. The minimum Gasteiger partial charge on any atom is -0.355 e. The number of nitrogens with one attached hydrogen (secondary N) is 2. The lowest BCUT2D eigenvalue weighted by Gasteiger charge is -2.14. The highest BCUT2D eigenvalue weighted by Gasteiger charge is 2.24. The highest BCUT2D eigenvalue weighted by molar-refractivity contribution is 5.87. The van der Waals surface area contributed by atoms with Crippen LogP contribution in [-0.2, 0) is 29.1 Å². The van der Waals surface area contributed by atoms with Crippen LogP contribution in [0.25, 0.3) is 0 Å². The third kappa shape index (κ3) is 3.22. The Labute approximate surface area is 137 Å². The molecule has 128 valence electrons. The summed E-state index contributed by atoms with van der Waals surface area (Å²) >= 11 is 0. The molecule has 1 aliphatic rings. The Balaban J connectivity index is 2.27. The van der Waals surface area contributed by atoms with Crippen molar-refractivity contribution < 1.29 is 9.59 Å². The van der Waals surface area contributed by atoms with E-state index in [1.54, 1.807) is 6.92 Å². The molecule has 0 radical (unpaired) electrons. The molecule has 9 heteroatoms. The fourth-order valence-corrected chi connectivity index (χ4v) is 2.71. The number of fused-ring (bicyclic) bond motifs is 1. The van der Waals surface area contributed by atoms with Gasteiger partial charge in [0.15, 0.2) is 0 Å². The van der Waals surface area contributed by atoms with Gasteiger partial charge in [-0.05, 0) is 26.7 Å². The lowest BCUT2D eigenvalue weighted by Crippen LogP contribution is -2.49. The zero-order valence-corrected chi connectivity index (χ0v) is 13.6. The van der Waals surface area contributed by atoms with Gasteiger partial charge in [-0.2, -0.15) is 5.26 Å². The topological polar surface area (TPSA) is 126 Å². The van der Waals surface area contributed by atoms with E-state index < -0.39 is 29.7 Å². The summed E-state index contributed by atoms with van der Waals surface area (Å²) < 4.78 is 2.10. The van der Waals surface area contributed by atoms with Crippen molar-refractivity contribution in [3.63, 3.8) is 0 Å². The van der Waals surface area contributed by atoms with Gasteiger partial charge in [-0.3, -0.25) is 19.0 Å². The second-order valence-corrected chi connectivity index (χ2v) is 5.55. The van der Waals surface area contributed by atoms with Crippen molar-refractivity contribution in [1.29, 1.82) is 5.26 Å². The molecule has 9 nitrogen and oxygen atoms in total. The molecule has 2 N–H and O–H groups in total. The number of nitrogens with zero attached hydrogens (tertiary/aromatic N) is 3. The van der Waals surface area contributed by atoms with E-state index in [4.69, 9.17) is 0 Å². The third-order valence-corrected chi connectivity index (χ3v) is 3.87. The number of nitriles is 1. The van der Waals surface area contributed by atoms with Crippen molar-refractivity contribution in [2.45, 2.75) is 45.8 Å². The molecule has 2 amide bonds. The Hall–Kier alpha value is -2.89. The van der Waals surface area contributed by atoms with Crippen molar-refractivity contribution in [2.24, 2.45) is 0 Å². The van der Waals surface area contributed by atoms with Gasteiger partial charge in [0.25, 0.3) is 5.56 Å². The predicted octanol–water partition coefficient (Wildman–Crippen LogP) is -1.53. The third-order valence-electron chi connectivity index (χ3n) is 3.87. The Bertz CT molecular complexity index is 830. The molecule has 0 bridgehead atoms. The number of carbonyl (C=O) groups excluding carboxylic acids is 2. The summed E-state index contributed by atoms with van der Waals surface area (Å²) in [6.45, 7) is 3.56. The Morgan fingerprint density at radius 3 is 2.71 bits per heavy atom. The Morgan fingerprint density at radius 1 is 1.38 bits per heavy atom. The summed E-state index contributed by atoms with van der Waals surface area (Å²) in [5.74, 6) is -1.00. The molecular formula is C15H19N5O4. The highest BCUT2D eigenvalue weighted by atomic mass is 16.2. The molecular weight excluding hydrogens is 314 g/mol. The average Bonchev–Trinajstić information content (AvgIpc) is 3.01. The molecule has 0 spiro atoms. The molecule has 24 heavy (non-hydrogen) atoms. The van der Waals surface area contributed by atoms with Crippen LogP contribution in [0.5, 0.6) is 0 Å². The lowest BCUT2D eigenvalue weighted by atomic mass is 10.2. The van der Waals surface area contributed by atoms with E-state index in [1.807, 2.05) is 6.07 Å². The van der Waals surface area contributed by atoms with Crippen LogP contribution in [0, 0.1) is 11.3 Å². The smallest absolute Gasteiger partial charge is 0.331 e. The number of aromatic nitrogens is 2. The van der Waals surface area contributed by atoms with Gasteiger partial charge >= 0.3 is 5.69 Å². The maximum atomic E-state index is 12.4. The molecule has 1 aliphatic heterocycles. The SMILES string of the molecule is CCNC(=O)[C@@H](C)NC(=O)Cn1c(=O)c(C#N)c2n(c1=O)CCC2. The van der Waals surface area contributed by atoms with Gasteiger partial charge in [0.2, 0.25) is 11.8 Å². The van der Waals surface area contributed by atoms with Crippen LogP contribution in [0.2, 0.25) is 0 Å². The van der Waals surface area contributed by atoms with Crippen molar-refractivity contribution in [1.82, 2.24) is 19.8 Å². The summed E-state index contributed by atoms with van der Waals surface area (Å²) in [6.07, 6.45) is 1.17. The lowest BCUT2D eigenvalue weighted by molar-refractivity contribution is -0.128. The summed E-state index contributed by atoms with van der Waals surface area (Å²) in [5, 5.41) is 14.2. The van der Waals surface area contributed by atoms with Crippen molar-refractivity contribution in [2.75, 3.05) is 6.54 Å². The minimum atomic E-state index is -0.791. The quantitative estimate of drug-likeness (QED) is 0.676. The molecule has 1 aromatic heterocycles. The largest absolute Gasteiger partial charge is 0.355 e. The maximum absolute atomic E-state index is 12.4. The first-order chi connectivity index (χ1) is 11.4. The van der Waals surface area contributed by atoms with Crippen LogP contribution < -0.4 is 21.9 Å². The van der Waals surface area contributed by atoms with Crippen LogP contribution in [0.1, 0.15) is 31.5 Å². The van der Waals surface area contributed by atoms with Crippen molar-refractivity contribution in [3.8, 4) is 6.07 Å². The van der Waals surface area contributed by atoms with Gasteiger partial charge in [-0.1, -0.05) is 0 Å². The molecule has 2 rings (SSSR count). The minimum absolute atomic E-state index is 0.100. The van der Waals surface area contributed by atoms with Crippen LogP contribution in [0.15, 0.2) is 9.59 Å². The zero-order chi connectivity index (χ0) is 17.9. The van der Waals surface area contributed by atoms with Crippen molar-refractivity contribution >= 4 is 11.8 Å². The van der Waals surface area contributed by atoms with Crippen LogP contribution >= 0.6 is 0 Å². The predicted molar refractivity (Wildman–Crippen MR) is 84.3 cm³/mol. The fourth-order valence-electron chi connectivity index (χ4n) is 2.71. The molecule has 0 saturated carbocycles. The second-order valence-electron chi connectivity index (χ2n) is 5.55. The van der Waals surface area contributed by atoms with E-state index in [1.165, 1.54) is 11.5 Å². The monoisotopic (exact) mass is 333 g/mol. The first-order valence-corrected chi connectivity index (χ1v) is 7.74. The number of likely N-dealkylation sites (N-methyl/N-ethyl adjacent to an activating group) is 1. The van der Waals surface area contributed by atoms with E-state index in [0.29, 0.717) is 31.6 Å². The van der Waals surface area contributed by atoms with Gasteiger partial charge in [0, 0.05) is 18.8 Å². The normalized spacial score (nSPS) is 13.7. The molecule has 2 heterocycles. The molecule has 0 fully saturated rings. The molecule has 0 saturated heterocycles. The summed E-state index contributed by atoms with van der Waals surface area (Å²) in [4.78, 5) is 48.3. The van der Waals surface area contributed by atoms with E-state index in [2.05, 4.69) is 10.6 Å². The highest BCUT2D eigenvalue weighted by Crippen LogP contribution is 2.12. The fraction of sp³-hybridized carbons (Fsp3) is 0.533. The van der Waals surface area contributed by atoms with Crippen LogP contribution in [0.3, 0.4) is 0 Å². The summed E-state index contributed by atoms with van der Waals surface area (Å²) in [7, 11) is 0. The average molecular weight is 333 g/mol. The Morgan fingerprint density at radius 2 is 2.08 bits per heavy atom. The molecule has 0 aromatic carbocycles. The number of rotatable bonds is 5. The van der Waals surface area contributed by atoms with E-state index in [9.17, 15) is 24.4 Å². The van der Waals surface area contributed by atoms with Gasteiger partial charge in [-0.25, -0.2) is 9.36 Å². The first kappa shape index (κ1) is 17.5. The number of hydrogen-bond donors (Lipinski definition) is 2. The van der Waals surface area contributed by atoms with Crippen LogP contribution in [0.4, 0.5) is 0 Å². The van der Waals surface area contributed by atoms with Crippen LogP contribution in [-0.4, -0.2) is 33.5 Å². The number of hydrogen-bond acceptors (Lipinski definition) is 5. The van der Waals surface area contributed by atoms with Gasteiger partial charge < -0.3 is 10.6 Å². The second kappa shape index (κ2) is 7.12. The van der Waals surface area contributed by atoms with E-state index in [0.717, 1.165) is 4.57 Å². The first-order valence-electron chi connectivity index (χ1n) is 7.74. The van der Waals surface area contributed by atoms with Gasteiger partial charge in [0.05, 0.1) is 0 Å². The zero-order valence-electron chi connectivity index (χ0n) is 13.6. The van der Waals surface area contributed by atoms with Gasteiger partial charge in [0.1, 0.15) is 24.2 Å². The van der Waals surface area contributed by atoms with E-state index >= 15 is 0 Å². The summed E-state index contributed by atoms with van der Waals surface area (Å²) in [6, 6.07) is 1.03. The van der Waals surface area contributed by atoms with Crippen molar-refractivity contribution in [3.05, 3.63) is 32.1 Å². The van der Waals surface area contributed by atoms with E-state index in [-0.39, 0.29) is 11.5 Å². The molecule has 0 aliphatic carbocycles. The number of amides is 2. The molecule has 0 unspecified atom stereocenters. The van der Waals surface area contributed by atoms with Gasteiger partial charge in [-0.15, -0.1) is 0 Å².